The van der Waals surface area contributed by atoms with Gasteiger partial charge < -0.3 is 14.4 Å². The number of rotatable bonds is 5. The summed E-state index contributed by atoms with van der Waals surface area (Å²) in [5.41, 5.74) is 2.54. The molecule has 1 amide bonds. The summed E-state index contributed by atoms with van der Waals surface area (Å²) in [5.74, 6) is 1.61. The maximum atomic E-state index is 13.0. The van der Waals surface area contributed by atoms with Gasteiger partial charge in [-0.1, -0.05) is 6.07 Å². The van der Waals surface area contributed by atoms with E-state index in [1.165, 1.54) is 0 Å². The highest BCUT2D eigenvalue weighted by atomic mass is 32.2. The molecule has 2 aromatic rings. The van der Waals surface area contributed by atoms with Crippen LogP contribution in [-0.2, 0) is 21.2 Å². The minimum Gasteiger partial charge on any atom is -0.486 e. The van der Waals surface area contributed by atoms with E-state index >= 15 is 0 Å². The molecule has 1 aliphatic carbocycles. The predicted octanol–water partition coefficient (Wildman–Crippen LogP) is 2.80. The van der Waals surface area contributed by atoms with Gasteiger partial charge in [-0.05, 0) is 67.6 Å². The van der Waals surface area contributed by atoms with Gasteiger partial charge in [0.2, 0.25) is 15.9 Å². The Hall–Kier alpha value is -2.58. The lowest BCUT2D eigenvalue weighted by Gasteiger charge is -2.21. The zero-order chi connectivity index (χ0) is 20.9. The number of anilines is 1. The Morgan fingerprint density at radius 1 is 1.10 bits per heavy atom. The first kappa shape index (κ1) is 19.4. The number of hydrogen-bond acceptors (Lipinski definition) is 5. The Labute approximate surface area is 176 Å². The highest BCUT2D eigenvalue weighted by Crippen LogP contribution is 2.37. The van der Waals surface area contributed by atoms with Gasteiger partial charge in [-0.2, -0.15) is 0 Å². The van der Waals surface area contributed by atoms with E-state index in [1.807, 2.05) is 12.1 Å². The molecule has 0 saturated heterocycles. The molecule has 2 aromatic carbocycles. The van der Waals surface area contributed by atoms with Crippen molar-refractivity contribution in [3.63, 3.8) is 0 Å². The summed E-state index contributed by atoms with van der Waals surface area (Å²) in [6, 6.07) is 10.0. The predicted molar refractivity (Wildman–Crippen MR) is 111 cm³/mol. The molecule has 30 heavy (non-hydrogen) atoms. The monoisotopic (exact) mass is 428 g/mol. The van der Waals surface area contributed by atoms with Crippen molar-refractivity contribution in [1.29, 1.82) is 0 Å². The molecule has 158 valence electrons. The average molecular weight is 429 g/mol. The Kier molecular flexibility index (Phi) is 4.71. The Balaban J connectivity index is 1.34. The van der Waals surface area contributed by atoms with Crippen molar-refractivity contribution >= 4 is 21.6 Å². The zero-order valence-corrected chi connectivity index (χ0v) is 17.6. The second-order valence-electron chi connectivity index (χ2n) is 8.05. The molecule has 8 heteroatoms. The van der Waals surface area contributed by atoms with Crippen LogP contribution in [0, 0.1) is 5.92 Å². The van der Waals surface area contributed by atoms with E-state index in [0.717, 1.165) is 29.7 Å². The van der Waals surface area contributed by atoms with Crippen molar-refractivity contribution in [3.8, 4) is 11.5 Å². The van der Waals surface area contributed by atoms with Crippen molar-refractivity contribution in [2.75, 3.05) is 24.7 Å². The van der Waals surface area contributed by atoms with Crippen LogP contribution in [0.5, 0.6) is 11.5 Å². The van der Waals surface area contributed by atoms with E-state index in [9.17, 15) is 13.2 Å². The molecular formula is C22H24N2O5S. The second kappa shape index (κ2) is 7.28. The number of nitrogens with zero attached hydrogens (tertiary/aromatic N) is 1. The molecule has 0 aromatic heterocycles. The molecule has 1 unspecified atom stereocenters. The first-order valence-corrected chi connectivity index (χ1v) is 11.8. The van der Waals surface area contributed by atoms with Crippen molar-refractivity contribution in [3.05, 3.63) is 47.5 Å². The van der Waals surface area contributed by atoms with Crippen molar-refractivity contribution < 1.29 is 22.7 Å². The van der Waals surface area contributed by atoms with Gasteiger partial charge in [0, 0.05) is 24.2 Å². The van der Waals surface area contributed by atoms with Crippen LogP contribution in [0.4, 0.5) is 5.69 Å². The van der Waals surface area contributed by atoms with E-state index in [0.29, 0.717) is 37.7 Å². The number of benzene rings is 2. The molecule has 1 fully saturated rings. The highest BCUT2D eigenvalue weighted by Gasteiger charge is 2.36. The summed E-state index contributed by atoms with van der Waals surface area (Å²) in [7, 11) is -3.72. The van der Waals surface area contributed by atoms with Crippen molar-refractivity contribution in [2.45, 2.75) is 37.1 Å². The fourth-order valence-electron chi connectivity index (χ4n) is 4.02. The summed E-state index contributed by atoms with van der Waals surface area (Å²) in [6.45, 7) is 3.41. The lowest BCUT2D eigenvalue weighted by molar-refractivity contribution is -0.119. The first-order valence-electron chi connectivity index (χ1n) is 10.3. The summed E-state index contributed by atoms with van der Waals surface area (Å²) in [4.78, 5) is 14.4. The molecular weight excluding hydrogens is 404 g/mol. The Morgan fingerprint density at radius 2 is 1.87 bits per heavy atom. The van der Waals surface area contributed by atoms with Gasteiger partial charge in [-0.15, -0.1) is 0 Å². The molecule has 0 radical (unpaired) electrons. The summed E-state index contributed by atoms with van der Waals surface area (Å²) < 4.78 is 39.8. The van der Waals surface area contributed by atoms with Gasteiger partial charge in [0.05, 0.1) is 4.90 Å². The maximum Gasteiger partial charge on any atom is 0.241 e. The third-order valence-corrected chi connectivity index (χ3v) is 7.39. The lowest BCUT2D eigenvalue weighted by atomic mass is 10.1. The summed E-state index contributed by atoms with van der Waals surface area (Å²) in [5, 5.41) is 0. The second-order valence-corrected chi connectivity index (χ2v) is 9.76. The lowest BCUT2D eigenvalue weighted by Crippen LogP contribution is -2.30. The van der Waals surface area contributed by atoms with Crippen LogP contribution >= 0.6 is 0 Å². The minimum atomic E-state index is -3.72. The molecule has 1 saturated carbocycles. The number of nitrogens with one attached hydrogen (secondary N) is 1. The summed E-state index contributed by atoms with van der Waals surface area (Å²) >= 11 is 0. The number of fused-ring (bicyclic) bond motifs is 2. The van der Waals surface area contributed by atoms with Crippen molar-refractivity contribution in [1.82, 2.24) is 4.72 Å². The topological polar surface area (TPSA) is 84.9 Å². The van der Waals surface area contributed by atoms with Crippen LogP contribution < -0.4 is 19.1 Å². The van der Waals surface area contributed by atoms with Crippen LogP contribution in [0.3, 0.4) is 0 Å². The van der Waals surface area contributed by atoms with E-state index in [-0.39, 0.29) is 16.7 Å². The molecule has 5 rings (SSSR count). The van der Waals surface area contributed by atoms with E-state index in [2.05, 4.69) is 4.72 Å². The maximum absolute atomic E-state index is 13.0. The SMILES string of the molecule is CC(NS(=O)(=O)c1ccc2c(c1)CCN2C(=O)C1CC1)c1ccc2c(c1)OCCO2. The molecule has 2 heterocycles. The number of ether oxygens (including phenoxy) is 2. The van der Waals surface area contributed by atoms with Gasteiger partial charge in [0.25, 0.3) is 0 Å². The minimum absolute atomic E-state index is 0.146. The number of carbonyl (C=O) groups excluding carboxylic acids is 1. The van der Waals surface area contributed by atoms with Crippen LogP contribution in [0.1, 0.15) is 36.9 Å². The van der Waals surface area contributed by atoms with Crippen molar-refractivity contribution in [2.24, 2.45) is 5.92 Å². The molecule has 0 spiro atoms. The third-order valence-electron chi connectivity index (χ3n) is 5.85. The molecule has 7 nitrogen and oxygen atoms in total. The fourth-order valence-corrected chi connectivity index (χ4v) is 5.31. The van der Waals surface area contributed by atoms with Crippen LogP contribution in [0.2, 0.25) is 0 Å². The van der Waals surface area contributed by atoms with Crippen LogP contribution in [-0.4, -0.2) is 34.1 Å². The average Bonchev–Trinajstić information content (AvgIpc) is 3.51. The number of hydrogen-bond donors (Lipinski definition) is 1. The number of amides is 1. The highest BCUT2D eigenvalue weighted by molar-refractivity contribution is 7.89. The molecule has 0 bridgehead atoms. The largest absolute Gasteiger partial charge is 0.486 e. The van der Waals surface area contributed by atoms with E-state index < -0.39 is 16.1 Å². The first-order chi connectivity index (χ1) is 14.4. The van der Waals surface area contributed by atoms with Crippen LogP contribution in [0.15, 0.2) is 41.3 Å². The number of carbonyl (C=O) groups is 1. The molecule has 1 N–H and O–H groups in total. The number of sulfonamides is 1. The summed E-state index contributed by atoms with van der Waals surface area (Å²) in [6.07, 6.45) is 2.59. The standard InChI is InChI=1S/C22H24N2O5S/c1-14(16-4-7-20-21(13-16)29-11-10-28-20)23-30(26,27)18-5-6-19-17(12-18)8-9-24(19)22(25)15-2-3-15/h4-7,12-15,23H,2-3,8-11H2,1H3. The smallest absolute Gasteiger partial charge is 0.241 e. The quantitative estimate of drug-likeness (QED) is 0.792. The Bertz CT molecular complexity index is 1110. The molecule has 1 atom stereocenters. The van der Waals surface area contributed by atoms with Gasteiger partial charge in [-0.25, -0.2) is 13.1 Å². The van der Waals surface area contributed by atoms with Crippen LogP contribution in [0.25, 0.3) is 0 Å². The fraction of sp³-hybridized carbons (Fsp3) is 0.409. The van der Waals surface area contributed by atoms with E-state index in [4.69, 9.17) is 9.47 Å². The molecule has 2 aliphatic heterocycles. The molecule has 3 aliphatic rings. The normalized spacial score (nSPS) is 18.8. The third kappa shape index (κ3) is 3.54. The van der Waals surface area contributed by atoms with Gasteiger partial charge in [0.1, 0.15) is 13.2 Å². The van der Waals surface area contributed by atoms with Gasteiger partial charge >= 0.3 is 0 Å². The van der Waals surface area contributed by atoms with Gasteiger partial charge in [0.15, 0.2) is 11.5 Å². The van der Waals surface area contributed by atoms with E-state index in [1.54, 1.807) is 36.1 Å². The van der Waals surface area contributed by atoms with Gasteiger partial charge in [-0.3, -0.25) is 4.79 Å². The zero-order valence-electron chi connectivity index (χ0n) is 16.8. The Morgan fingerprint density at radius 3 is 2.63 bits per heavy atom.